The van der Waals surface area contributed by atoms with Gasteiger partial charge in [-0.25, -0.2) is 14.8 Å². The van der Waals surface area contributed by atoms with E-state index in [0.29, 0.717) is 0 Å². The Morgan fingerprint density at radius 3 is 2.90 bits per heavy atom. The number of hydrogen-bond acceptors (Lipinski definition) is 5. The number of phenols is 1. The molecule has 30 heavy (non-hydrogen) atoms. The molecule has 0 bridgehead atoms. The molecular formula is C23H30FN5O. The van der Waals surface area contributed by atoms with Gasteiger partial charge >= 0.3 is 0 Å². The highest BCUT2D eigenvalue weighted by molar-refractivity contribution is 5.65. The predicted octanol–water partition coefficient (Wildman–Crippen LogP) is 3.06. The molecule has 1 aromatic heterocycles. The second kappa shape index (κ2) is 7.80. The van der Waals surface area contributed by atoms with Crippen LogP contribution in [-0.4, -0.2) is 52.3 Å². The standard InChI is InChI=1S/C23H30FN5O/c1-3-13-10-15(30)4-5-16(13)17-6-7-18-21(20(17)24)27-28-22(18)23-25-11-19(26-23)14-8-9-29(2)12-14/h4-5,8,10-11,17-18,20-22,27-28,30H,3,6-7,9,12H2,1-2H3,(H,25,26). The molecule has 2 aliphatic heterocycles. The van der Waals surface area contributed by atoms with Crippen LogP contribution in [0.15, 0.2) is 30.5 Å². The van der Waals surface area contributed by atoms with Gasteiger partial charge in [0.1, 0.15) is 17.7 Å². The van der Waals surface area contributed by atoms with Crippen molar-refractivity contribution in [3.8, 4) is 5.75 Å². The fourth-order valence-electron chi connectivity index (χ4n) is 5.45. The molecule has 6 nitrogen and oxygen atoms in total. The van der Waals surface area contributed by atoms with Gasteiger partial charge < -0.3 is 10.1 Å². The number of aromatic amines is 1. The molecule has 1 saturated carbocycles. The van der Waals surface area contributed by atoms with Crippen LogP contribution in [0.4, 0.5) is 4.39 Å². The maximum Gasteiger partial charge on any atom is 0.125 e. The zero-order chi connectivity index (χ0) is 20.8. The largest absolute Gasteiger partial charge is 0.508 e. The van der Waals surface area contributed by atoms with Crippen molar-refractivity contribution in [2.75, 3.05) is 20.1 Å². The number of H-pyrrole nitrogens is 1. The lowest BCUT2D eigenvalue weighted by Gasteiger charge is -2.36. The third-order valence-electron chi connectivity index (χ3n) is 7.07. The topological polar surface area (TPSA) is 76.2 Å². The van der Waals surface area contributed by atoms with Gasteiger partial charge in [0, 0.05) is 24.9 Å². The van der Waals surface area contributed by atoms with E-state index >= 15 is 4.39 Å². The maximum atomic E-state index is 15.7. The van der Waals surface area contributed by atoms with Crippen LogP contribution in [0.5, 0.6) is 5.75 Å². The summed E-state index contributed by atoms with van der Waals surface area (Å²) in [7, 11) is 2.10. The summed E-state index contributed by atoms with van der Waals surface area (Å²) in [6.45, 7) is 3.93. The van der Waals surface area contributed by atoms with Gasteiger partial charge in [0.15, 0.2) is 0 Å². The van der Waals surface area contributed by atoms with Crippen LogP contribution >= 0.6 is 0 Å². The first-order valence-corrected chi connectivity index (χ1v) is 10.9. The zero-order valence-corrected chi connectivity index (χ0v) is 17.5. The average molecular weight is 412 g/mol. The number of aryl methyl sites for hydroxylation is 1. The zero-order valence-electron chi connectivity index (χ0n) is 17.5. The van der Waals surface area contributed by atoms with Crippen LogP contribution in [0.1, 0.15) is 54.4 Å². The van der Waals surface area contributed by atoms with E-state index in [9.17, 15) is 5.11 Å². The number of imidazole rings is 1. The van der Waals surface area contributed by atoms with Crippen molar-refractivity contribution in [1.82, 2.24) is 25.7 Å². The SMILES string of the molecule is CCc1cc(O)ccc1C1CCC2C(c3ncc(C4=CCN(C)C4)[nH]3)NNC2C1F. The molecule has 0 radical (unpaired) electrons. The summed E-state index contributed by atoms with van der Waals surface area (Å²) >= 11 is 0. The lowest BCUT2D eigenvalue weighted by molar-refractivity contribution is 0.135. The number of aromatic hydroxyl groups is 1. The van der Waals surface area contributed by atoms with Crippen molar-refractivity contribution in [3.05, 3.63) is 53.1 Å². The van der Waals surface area contributed by atoms with Crippen LogP contribution in [-0.2, 0) is 6.42 Å². The van der Waals surface area contributed by atoms with Crippen LogP contribution in [0.2, 0.25) is 0 Å². The first-order chi connectivity index (χ1) is 14.5. The van der Waals surface area contributed by atoms with Gasteiger partial charge in [0.05, 0.1) is 24.0 Å². The van der Waals surface area contributed by atoms with Crippen molar-refractivity contribution in [2.24, 2.45) is 5.92 Å². The van der Waals surface area contributed by atoms with Gasteiger partial charge in [-0.05, 0) is 55.1 Å². The monoisotopic (exact) mass is 411 g/mol. The Morgan fingerprint density at radius 1 is 1.27 bits per heavy atom. The smallest absolute Gasteiger partial charge is 0.125 e. The molecular weight excluding hydrogens is 381 g/mol. The Hall–Kier alpha value is -2.22. The summed E-state index contributed by atoms with van der Waals surface area (Å²) in [5.74, 6) is 1.13. The Kier molecular flexibility index (Phi) is 5.13. The Bertz CT molecular complexity index is 957. The Labute approximate surface area is 176 Å². The second-order valence-corrected chi connectivity index (χ2v) is 8.93. The summed E-state index contributed by atoms with van der Waals surface area (Å²) < 4.78 is 15.7. The fourth-order valence-corrected chi connectivity index (χ4v) is 5.45. The highest BCUT2D eigenvalue weighted by Crippen LogP contribution is 2.45. The minimum atomic E-state index is -0.989. The normalized spacial score (nSPS) is 31.7. The number of benzene rings is 1. The highest BCUT2D eigenvalue weighted by Gasteiger charge is 2.48. The lowest BCUT2D eigenvalue weighted by atomic mass is 9.71. The third kappa shape index (κ3) is 3.35. The molecule has 2 aromatic rings. The molecule has 2 fully saturated rings. The molecule has 0 amide bonds. The van der Waals surface area contributed by atoms with Gasteiger partial charge in [-0.15, -0.1) is 0 Å². The average Bonchev–Trinajstić information content (AvgIpc) is 3.47. The number of fused-ring (bicyclic) bond motifs is 1. The molecule has 7 heteroatoms. The van der Waals surface area contributed by atoms with E-state index in [1.165, 1.54) is 5.57 Å². The van der Waals surface area contributed by atoms with Crippen molar-refractivity contribution in [2.45, 2.75) is 50.4 Å². The van der Waals surface area contributed by atoms with E-state index in [1.807, 2.05) is 12.3 Å². The van der Waals surface area contributed by atoms with Gasteiger partial charge in [0.25, 0.3) is 0 Å². The number of halogens is 1. The van der Waals surface area contributed by atoms with Crippen LogP contribution in [0.3, 0.4) is 0 Å². The Morgan fingerprint density at radius 2 is 2.13 bits per heavy atom. The number of nitrogens with one attached hydrogen (secondary N) is 3. The van der Waals surface area contributed by atoms with Crippen molar-refractivity contribution >= 4 is 5.57 Å². The number of likely N-dealkylation sites (N-methyl/N-ethyl adjacent to an activating group) is 1. The van der Waals surface area contributed by atoms with Crippen LogP contribution in [0, 0.1) is 5.92 Å². The number of hydrogen-bond donors (Lipinski definition) is 4. The van der Waals surface area contributed by atoms with E-state index in [4.69, 9.17) is 0 Å². The summed E-state index contributed by atoms with van der Waals surface area (Å²) in [6, 6.07) is 5.08. The third-order valence-corrected chi connectivity index (χ3v) is 7.07. The number of hydrazine groups is 1. The van der Waals surface area contributed by atoms with Gasteiger partial charge in [-0.2, -0.15) is 0 Å². The summed E-state index contributed by atoms with van der Waals surface area (Å²) in [6.07, 6.45) is 5.64. The first-order valence-electron chi connectivity index (χ1n) is 10.9. The number of aromatic nitrogens is 2. The second-order valence-electron chi connectivity index (χ2n) is 8.93. The number of alkyl halides is 1. The van der Waals surface area contributed by atoms with E-state index in [2.05, 4.69) is 45.8 Å². The van der Waals surface area contributed by atoms with Crippen molar-refractivity contribution in [1.29, 1.82) is 0 Å². The predicted molar refractivity (Wildman–Crippen MR) is 115 cm³/mol. The minimum absolute atomic E-state index is 0.0202. The highest BCUT2D eigenvalue weighted by atomic mass is 19.1. The van der Waals surface area contributed by atoms with Gasteiger partial charge in [0.2, 0.25) is 0 Å². The van der Waals surface area contributed by atoms with Crippen LogP contribution in [0.25, 0.3) is 5.57 Å². The molecule has 3 aliphatic rings. The van der Waals surface area contributed by atoms with E-state index in [0.717, 1.165) is 55.0 Å². The maximum absolute atomic E-state index is 15.7. The summed E-state index contributed by atoms with van der Waals surface area (Å²) in [5.41, 5.74) is 10.9. The quantitative estimate of drug-likeness (QED) is 0.622. The Balaban J connectivity index is 1.34. The van der Waals surface area contributed by atoms with Gasteiger partial charge in [-0.1, -0.05) is 19.1 Å². The molecule has 1 aromatic carbocycles. The lowest BCUT2D eigenvalue weighted by Crippen LogP contribution is -2.45. The molecule has 160 valence electrons. The van der Waals surface area contributed by atoms with Crippen LogP contribution < -0.4 is 10.9 Å². The van der Waals surface area contributed by atoms with E-state index < -0.39 is 6.17 Å². The summed E-state index contributed by atoms with van der Waals surface area (Å²) in [5, 5.41) is 9.81. The molecule has 0 spiro atoms. The molecule has 5 unspecified atom stereocenters. The molecule has 1 saturated heterocycles. The molecule has 4 N–H and O–H groups in total. The molecule has 1 aliphatic carbocycles. The summed E-state index contributed by atoms with van der Waals surface area (Å²) in [4.78, 5) is 10.4. The van der Waals surface area contributed by atoms with Crippen molar-refractivity contribution in [3.63, 3.8) is 0 Å². The first kappa shape index (κ1) is 19.7. The molecule has 3 heterocycles. The number of phenolic OH excluding ortho intramolecular Hbond substituents is 1. The van der Waals surface area contributed by atoms with E-state index in [-0.39, 0.29) is 29.7 Å². The van der Waals surface area contributed by atoms with E-state index in [1.54, 1.807) is 12.1 Å². The number of rotatable bonds is 4. The van der Waals surface area contributed by atoms with Crippen molar-refractivity contribution < 1.29 is 9.50 Å². The fraction of sp³-hybridized carbons (Fsp3) is 0.522. The van der Waals surface area contributed by atoms with Gasteiger partial charge in [-0.3, -0.25) is 10.3 Å². The minimum Gasteiger partial charge on any atom is -0.508 e. The number of nitrogens with zero attached hydrogens (tertiary/aromatic N) is 2. The molecule has 5 atom stereocenters. The molecule has 5 rings (SSSR count).